The largest absolute Gasteiger partial charge is 0.434 e. The van der Waals surface area contributed by atoms with Gasteiger partial charge in [0, 0.05) is 31.1 Å². The fourth-order valence-electron chi connectivity index (χ4n) is 3.47. The Morgan fingerprint density at radius 1 is 1.33 bits per heavy atom. The number of carbonyl (C=O) groups is 2. The lowest BCUT2D eigenvalue weighted by molar-refractivity contribution is -0.130. The van der Waals surface area contributed by atoms with E-state index in [9.17, 15) is 26.8 Å². The second-order valence-electron chi connectivity index (χ2n) is 6.71. The van der Waals surface area contributed by atoms with Crippen LogP contribution in [0.15, 0.2) is 24.3 Å². The van der Waals surface area contributed by atoms with Crippen LogP contribution in [0.4, 0.5) is 8.78 Å². The summed E-state index contributed by atoms with van der Waals surface area (Å²) in [6.07, 6.45) is 0.401. The van der Waals surface area contributed by atoms with Crippen molar-refractivity contribution in [2.24, 2.45) is 5.92 Å². The van der Waals surface area contributed by atoms with Gasteiger partial charge in [0.05, 0.1) is 17.4 Å². The maximum atomic E-state index is 12.4. The summed E-state index contributed by atoms with van der Waals surface area (Å²) >= 11 is 0. The highest BCUT2D eigenvalue weighted by atomic mass is 32.2. The van der Waals surface area contributed by atoms with E-state index in [1.807, 2.05) is 0 Å². The number of rotatable bonds is 6. The minimum atomic E-state index is -3.12. The fourth-order valence-corrected chi connectivity index (χ4v) is 5.20. The Morgan fingerprint density at radius 2 is 2.07 bits per heavy atom. The molecule has 0 spiro atoms. The van der Waals surface area contributed by atoms with Crippen molar-refractivity contribution >= 4 is 21.7 Å². The van der Waals surface area contributed by atoms with Gasteiger partial charge in [0.25, 0.3) is 0 Å². The van der Waals surface area contributed by atoms with Gasteiger partial charge in [0.15, 0.2) is 9.84 Å². The Balaban J connectivity index is 1.57. The van der Waals surface area contributed by atoms with Crippen molar-refractivity contribution in [2.45, 2.75) is 32.0 Å². The van der Waals surface area contributed by atoms with Crippen LogP contribution >= 0.6 is 0 Å². The number of hydrogen-bond donors (Lipinski definition) is 1. The third kappa shape index (κ3) is 4.74. The molecule has 2 atom stereocenters. The SMILES string of the molecule is O=C(NCc1ccccc1OC(F)F)C1CC(=O)N(C2CCS(=O)(=O)C2)C1. The monoisotopic (exact) mass is 402 g/mol. The van der Waals surface area contributed by atoms with Crippen molar-refractivity contribution in [1.82, 2.24) is 10.2 Å². The molecule has 2 fully saturated rings. The van der Waals surface area contributed by atoms with Gasteiger partial charge in [0.1, 0.15) is 5.75 Å². The summed E-state index contributed by atoms with van der Waals surface area (Å²) in [5.74, 6) is -1.24. The third-order valence-corrected chi connectivity index (χ3v) is 6.57. The molecule has 0 aromatic heterocycles. The van der Waals surface area contributed by atoms with Crippen LogP contribution in [0.25, 0.3) is 0 Å². The zero-order valence-corrected chi connectivity index (χ0v) is 15.3. The van der Waals surface area contributed by atoms with Crippen LogP contribution in [-0.4, -0.2) is 55.8 Å². The molecule has 148 valence electrons. The van der Waals surface area contributed by atoms with E-state index < -0.39 is 22.4 Å². The normalized spacial score (nSPS) is 24.4. The highest BCUT2D eigenvalue weighted by molar-refractivity contribution is 7.91. The molecule has 2 saturated heterocycles. The predicted molar refractivity (Wildman–Crippen MR) is 91.8 cm³/mol. The summed E-state index contributed by atoms with van der Waals surface area (Å²) in [7, 11) is -3.12. The molecule has 0 bridgehead atoms. The molecule has 2 aliphatic heterocycles. The molecule has 2 unspecified atom stereocenters. The van der Waals surface area contributed by atoms with E-state index in [-0.39, 0.29) is 54.6 Å². The first kappa shape index (κ1) is 19.5. The number of ether oxygens (including phenoxy) is 1. The second kappa shape index (κ2) is 7.79. The number of hydrogen-bond acceptors (Lipinski definition) is 5. The van der Waals surface area contributed by atoms with E-state index in [0.29, 0.717) is 12.0 Å². The number of benzene rings is 1. The first-order chi connectivity index (χ1) is 12.7. The molecular weight excluding hydrogens is 382 g/mol. The van der Waals surface area contributed by atoms with Gasteiger partial charge < -0.3 is 15.0 Å². The van der Waals surface area contributed by atoms with Crippen molar-refractivity contribution in [3.63, 3.8) is 0 Å². The second-order valence-corrected chi connectivity index (χ2v) is 8.94. The van der Waals surface area contributed by atoms with Crippen molar-refractivity contribution in [1.29, 1.82) is 0 Å². The average molecular weight is 402 g/mol. The van der Waals surface area contributed by atoms with E-state index in [2.05, 4.69) is 10.1 Å². The van der Waals surface area contributed by atoms with Gasteiger partial charge in [0.2, 0.25) is 11.8 Å². The summed E-state index contributed by atoms with van der Waals surface area (Å²) in [5, 5.41) is 2.64. The number of amides is 2. The summed E-state index contributed by atoms with van der Waals surface area (Å²) in [6, 6.07) is 5.76. The standard InChI is InChI=1S/C17H20F2N2O5S/c18-17(19)26-14-4-2-1-3-11(14)8-20-16(23)12-7-15(22)21(9-12)13-5-6-27(24,25)10-13/h1-4,12-13,17H,5-10H2,(H,20,23). The minimum absolute atomic E-state index is 0.00970. The maximum Gasteiger partial charge on any atom is 0.387 e. The molecule has 10 heteroatoms. The summed E-state index contributed by atoms with van der Waals surface area (Å²) in [6.45, 7) is -2.81. The van der Waals surface area contributed by atoms with Crippen LogP contribution in [0.3, 0.4) is 0 Å². The lowest BCUT2D eigenvalue weighted by Gasteiger charge is -2.23. The van der Waals surface area contributed by atoms with Gasteiger partial charge in [-0.3, -0.25) is 9.59 Å². The van der Waals surface area contributed by atoms with Crippen molar-refractivity contribution in [3.05, 3.63) is 29.8 Å². The molecule has 2 amide bonds. The number of sulfone groups is 1. The van der Waals surface area contributed by atoms with Gasteiger partial charge >= 0.3 is 6.61 Å². The Labute approximate surface area is 155 Å². The highest BCUT2D eigenvalue weighted by Crippen LogP contribution is 2.26. The van der Waals surface area contributed by atoms with E-state index in [1.54, 1.807) is 18.2 Å². The lowest BCUT2D eigenvalue weighted by Crippen LogP contribution is -2.39. The summed E-state index contributed by atoms with van der Waals surface area (Å²) in [5.41, 5.74) is 0.397. The van der Waals surface area contributed by atoms with E-state index >= 15 is 0 Å². The molecule has 0 aliphatic carbocycles. The van der Waals surface area contributed by atoms with E-state index in [0.717, 1.165) is 0 Å². The maximum absolute atomic E-state index is 12.4. The van der Waals surface area contributed by atoms with Crippen LogP contribution < -0.4 is 10.1 Å². The summed E-state index contributed by atoms with van der Waals surface area (Å²) in [4.78, 5) is 26.0. The number of nitrogens with zero attached hydrogens (tertiary/aromatic N) is 1. The van der Waals surface area contributed by atoms with Crippen molar-refractivity contribution in [3.8, 4) is 5.75 Å². The van der Waals surface area contributed by atoms with Crippen molar-refractivity contribution < 1.29 is 31.5 Å². The van der Waals surface area contributed by atoms with Crippen molar-refractivity contribution in [2.75, 3.05) is 18.1 Å². The number of halogens is 2. The Morgan fingerprint density at radius 3 is 2.74 bits per heavy atom. The first-order valence-electron chi connectivity index (χ1n) is 8.55. The van der Waals surface area contributed by atoms with Crippen LogP contribution in [0.5, 0.6) is 5.75 Å². The van der Waals surface area contributed by atoms with Gasteiger partial charge in [-0.15, -0.1) is 0 Å². The topological polar surface area (TPSA) is 92.8 Å². The quantitative estimate of drug-likeness (QED) is 0.765. The molecule has 1 aromatic rings. The number of likely N-dealkylation sites (tertiary alicyclic amines) is 1. The number of carbonyl (C=O) groups excluding carboxylic acids is 2. The molecule has 0 saturated carbocycles. The molecule has 2 aliphatic rings. The van der Waals surface area contributed by atoms with Crippen LogP contribution in [0.2, 0.25) is 0 Å². The Bertz CT molecular complexity index is 830. The molecular formula is C17H20F2N2O5S. The highest BCUT2D eigenvalue weighted by Gasteiger charge is 2.41. The van der Waals surface area contributed by atoms with E-state index in [4.69, 9.17) is 0 Å². The molecule has 7 nitrogen and oxygen atoms in total. The molecule has 1 N–H and O–H groups in total. The van der Waals surface area contributed by atoms with E-state index in [1.165, 1.54) is 11.0 Å². The molecule has 27 heavy (non-hydrogen) atoms. The average Bonchev–Trinajstić information content (AvgIpc) is 3.15. The van der Waals surface area contributed by atoms with Crippen LogP contribution in [0.1, 0.15) is 18.4 Å². The lowest BCUT2D eigenvalue weighted by atomic mass is 10.1. The van der Waals surface area contributed by atoms with Gasteiger partial charge in [-0.05, 0) is 12.5 Å². The van der Waals surface area contributed by atoms with Gasteiger partial charge in [-0.2, -0.15) is 8.78 Å². The van der Waals surface area contributed by atoms with Crippen LogP contribution in [-0.2, 0) is 26.0 Å². The number of alkyl halides is 2. The Kier molecular flexibility index (Phi) is 5.64. The zero-order chi connectivity index (χ0) is 19.6. The van der Waals surface area contributed by atoms with Crippen LogP contribution in [0, 0.1) is 5.92 Å². The van der Waals surface area contributed by atoms with Gasteiger partial charge in [-0.25, -0.2) is 8.42 Å². The zero-order valence-electron chi connectivity index (χ0n) is 14.4. The fraction of sp³-hybridized carbons (Fsp3) is 0.529. The number of nitrogens with one attached hydrogen (secondary N) is 1. The Hall–Kier alpha value is -2.23. The minimum Gasteiger partial charge on any atom is -0.434 e. The number of para-hydroxylation sites is 1. The third-order valence-electron chi connectivity index (χ3n) is 4.82. The molecule has 3 rings (SSSR count). The molecule has 0 radical (unpaired) electrons. The predicted octanol–water partition coefficient (Wildman–Crippen LogP) is 0.940. The molecule has 2 heterocycles. The first-order valence-corrected chi connectivity index (χ1v) is 10.4. The smallest absolute Gasteiger partial charge is 0.387 e. The van der Waals surface area contributed by atoms with Gasteiger partial charge in [-0.1, -0.05) is 18.2 Å². The molecule has 1 aromatic carbocycles. The summed E-state index contributed by atoms with van der Waals surface area (Å²) < 4.78 is 52.5.